The highest BCUT2D eigenvalue weighted by molar-refractivity contribution is 7.87. The zero-order valence-corrected chi connectivity index (χ0v) is 30.4. The van der Waals surface area contributed by atoms with Crippen molar-refractivity contribution in [3.05, 3.63) is 35.9 Å². The SMILES string of the molecule is CN(C)S(=O)(=O)NC(=O)[C@@]12C[C@H]1C=CCCCCC[C@H](NC(=O)OC(C)(C)C)C(=O)N1C[C@H](OC(=O)c3ccc4c(c3)OCCO4)C[C@H]1C(=O)N2. The van der Waals surface area contributed by atoms with Crippen molar-refractivity contribution >= 4 is 40.0 Å². The average molecular weight is 734 g/mol. The van der Waals surface area contributed by atoms with E-state index < -0.39 is 75.2 Å². The van der Waals surface area contributed by atoms with Crippen LogP contribution < -0.4 is 24.8 Å². The number of nitrogens with one attached hydrogen (secondary N) is 3. The van der Waals surface area contributed by atoms with E-state index in [-0.39, 0.29) is 31.4 Å². The summed E-state index contributed by atoms with van der Waals surface area (Å²) in [6, 6.07) is 2.31. The Kier molecular flexibility index (Phi) is 11.2. The number of ether oxygens (including phenoxy) is 4. The molecule has 51 heavy (non-hydrogen) atoms. The molecule has 1 aromatic rings. The van der Waals surface area contributed by atoms with Gasteiger partial charge in [0.05, 0.1) is 12.1 Å². The van der Waals surface area contributed by atoms with Crippen LogP contribution in [-0.4, -0.2) is 111 Å². The lowest BCUT2D eigenvalue weighted by atomic mass is 10.0. The summed E-state index contributed by atoms with van der Waals surface area (Å²) >= 11 is 0. The molecule has 0 radical (unpaired) electrons. The van der Waals surface area contributed by atoms with E-state index in [4.69, 9.17) is 18.9 Å². The first-order valence-corrected chi connectivity index (χ1v) is 18.6. The maximum Gasteiger partial charge on any atom is 0.408 e. The van der Waals surface area contributed by atoms with Gasteiger partial charge in [0.1, 0.15) is 42.5 Å². The van der Waals surface area contributed by atoms with Gasteiger partial charge in [-0.2, -0.15) is 12.7 Å². The van der Waals surface area contributed by atoms with E-state index in [2.05, 4.69) is 10.6 Å². The van der Waals surface area contributed by atoms with Crippen molar-refractivity contribution in [2.45, 2.75) is 95.0 Å². The molecule has 3 N–H and O–H groups in total. The summed E-state index contributed by atoms with van der Waals surface area (Å²) in [6.07, 6.45) is 4.91. The van der Waals surface area contributed by atoms with Crippen LogP contribution in [0.3, 0.4) is 0 Å². The number of rotatable bonds is 6. The molecule has 4 aliphatic rings. The lowest BCUT2D eigenvalue weighted by Crippen LogP contribution is -2.58. The third kappa shape index (κ3) is 9.11. The van der Waals surface area contributed by atoms with Crippen LogP contribution in [0.1, 0.15) is 76.1 Å². The van der Waals surface area contributed by atoms with Crippen molar-refractivity contribution in [2.75, 3.05) is 33.9 Å². The summed E-state index contributed by atoms with van der Waals surface area (Å²) in [5.41, 5.74) is -2.26. The molecule has 5 atom stereocenters. The molecule has 1 aliphatic carbocycles. The number of esters is 1. The van der Waals surface area contributed by atoms with E-state index in [9.17, 15) is 32.4 Å². The fourth-order valence-electron chi connectivity index (χ4n) is 6.30. The quantitative estimate of drug-likeness (QED) is 0.285. The number of amides is 4. The smallest absolute Gasteiger partial charge is 0.408 e. The zero-order chi connectivity index (χ0) is 37.1. The molecule has 1 saturated carbocycles. The monoisotopic (exact) mass is 733 g/mol. The molecule has 0 unspecified atom stereocenters. The molecule has 1 saturated heterocycles. The minimum Gasteiger partial charge on any atom is -0.486 e. The van der Waals surface area contributed by atoms with Gasteiger partial charge in [-0.15, -0.1) is 0 Å². The van der Waals surface area contributed by atoms with Gasteiger partial charge in [0.2, 0.25) is 11.8 Å². The van der Waals surface area contributed by atoms with Gasteiger partial charge in [0.15, 0.2) is 11.5 Å². The number of allylic oxidation sites excluding steroid dienone is 1. The van der Waals surface area contributed by atoms with Gasteiger partial charge < -0.3 is 34.5 Å². The molecule has 3 heterocycles. The highest BCUT2D eigenvalue weighted by Gasteiger charge is 2.61. The van der Waals surface area contributed by atoms with Crippen LogP contribution in [0.2, 0.25) is 0 Å². The molecule has 4 amide bonds. The molecule has 1 aromatic carbocycles. The maximum absolute atomic E-state index is 14.3. The molecule has 17 heteroatoms. The maximum atomic E-state index is 14.3. The second-order valence-corrected chi connectivity index (χ2v) is 16.3. The van der Waals surface area contributed by atoms with Crippen molar-refractivity contribution in [3.8, 4) is 11.5 Å². The van der Waals surface area contributed by atoms with E-state index in [1.807, 2.05) is 10.8 Å². The fourth-order valence-corrected chi connectivity index (χ4v) is 6.90. The van der Waals surface area contributed by atoms with Crippen LogP contribution in [0, 0.1) is 5.92 Å². The van der Waals surface area contributed by atoms with Gasteiger partial charge in [-0.1, -0.05) is 25.0 Å². The van der Waals surface area contributed by atoms with E-state index in [0.717, 1.165) is 17.1 Å². The Morgan fingerprint density at radius 3 is 2.49 bits per heavy atom. The summed E-state index contributed by atoms with van der Waals surface area (Å²) in [4.78, 5) is 69.4. The summed E-state index contributed by atoms with van der Waals surface area (Å²) in [5, 5.41) is 5.42. The summed E-state index contributed by atoms with van der Waals surface area (Å²) in [7, 11) is -1.65. The Balaban J connectivity index is 1.43. The molecule has 280 valence electrons. The topological polar surface area (TPSA) is 199 Å². The van der Waals surface area contributed by atoms with E-state index in [0.29, 0.717) is 37.6 Å². The lowest BCUT2D eigenvalue weighted by molar-refractivity contribution is -0.141. The second kappa shape index (κ2) is 15.1. The minimum atomic E-state index is -4.19. The average Bonchev–Trinajstić information content (AvgIpc) is 3.58. The molecule has 0 spiro atoms. The second-order valence-electron chi connectivity index (χ2n) is 14.4. The third-order valence-corrected chi connectivity index (χ3v) is 10.5. The van der Waals surface area contributed by atoms with Crippen LogP contribution in [0.25, 0.3) is 0 Å². The van der Waals surface area contributed by atoms with E-state index in [1.54, 1.807) is 32.9 Å². The first-order chi connectivity index (χ1) is 24.0. The van der Waals surface area contributed by atoms with Gasteiger partial charge in [-0.05, 0) is 64.7 Å². The minimum absolute atomic E-state index is 0.124. The van der Waals surface area contributed by atoms with Crippen molar-refractivity contribution in [1.82, 2.24) is 24.6 Å². The largest absolute Gasteiger partial charge is 0.486 e. The molecular formula is C34H47N5O11S. The van der Waals surface area contributed by atoms with Crippen molar-refractivity contribution in [3.63, 3.8) is 0 Å². The first-order valence-electron chi connectivity index (χ1n) is 17.1. The first kappa shape index (κ1) is 37.9. The van der Waals surface area contributed by atoms with E-state index >= 15 is 0 Å². The normalized spacial score (nSPS) is 26.8. The summed E-state index contributed by atoms with van der Waals surface area (Å²) in [6.45, 7) is 5.60. The number of alkyl carbamates (subject to hydrolysis) is 1. The Hall–Kier alpha value is -4.38. The standard InChI is InChI=1S/C34H47N5O11S/c1-33(2,3)50-32(44)35-24-12-10-8-6-7-9-11-22-19-34(22,31(43)37-51(45,46)38(4)5)36-28(40)25-18-23(20-39(25)29(24)41)49-30(42)21-13-14-26-27(17-21)48-16-15-47-26/h9,11,13-14,17,22-25H,6-8,10,12,15-16,18-20H2,1-5H3,(H,35,44)(H,36,40)(H,37,43)/t22-,23-,24+,25+,34-/m1/s1. The molecule has 2 fully saturated rings. The molecular weight excluding hydrogens is 686 g/mol. The van der Waals surface area contributed by atoms with Gasteiger partial charge in [-0.3, -0.25) is 14.4 Å². The predicted molar refractivity (Wildman–Crippen MR) is 182 cm³/mol. The Morgan fingerprint density at radius 1 is 1.06 bits per heavy atom. The van der Waals surface area contributed by atoms with Gasteiger partial charge >= 0.3 is 22.3 Å². The van der Waals surface area contributed by atoms with E-state index in [1.165, 1.54) is 31.1 Å². The van der Waals surface area contributed by atoms with Gasteiger partial charge in [0.25, 0.3) is 5.91 Å². The summed E-state index contributed by atoms with van der Waals surface area (Å²) in [5.74, 6) is -2.58. The number of hydrogen-bond donors (Lipinski definition) is 3. The molecule has 5 rings (SSSR count). The van der Waals surface area contributed by atoms with Crippen LogP contribution in [0.5, 0.6) is 11.5 Å². The molecule has 0 aromatic heterocycles. The highest BCUT2D eigenvalue weighted by Crippen LogP contribution is 2.46. The number of carbonyl (C=O) groups is 5. The number of benzene rings is 1. The number of carbonyl (C=O) groups excluding carboxylic acids is 5. The van der Waals surface area contributed by atoms with Crippen LogP contribution in [-0.2, 0) is 34.1 Å². The summed E-state index contributed by atoms with van der Waals surface area (Å²) < 4.78 is 50.5. The lowest BCUT2D eigenvalue weighted by Gasteiger charge is -2.30. The van der Waals surface area contributed by atoms with Crippen molar-refractivity contribution < 1.29 is 51.3 Å². The fraction of sp³-hybridized carbons (Fsp3) is 0.618. The number of hydrogen-bond acceptors (Lipinski definition) is 11. The van der Waals surface area contributed by atoms with Crippen molar-refractivity contribution in [1.29, 1.82) is 0 Å². The predicted octanol–water partition coefficient (Wildman–Crippen LogP) is 1.80. The molecule has 16 nitrogen and oxygen atoms in total. The molecule has 3 aliphatic heterocycles. The Labute approximate surface area is 297 Å². The van der Waals surface area contributed by atoms with Crippen molar-refractivity contribution in [2.24, 2.45) is 5.92 Å². The van der Waals surface area contributed by atoms with Crippen LogP contribution in [0.15, 0.2) is 30.4 Å². The Morgan fingerprint density at radius 2 is 1.78 bits per heavy atom. The van der Waals surface area contributed by atoms with Gasteiger partial charge in [-0.25, -0.2) is 14.3 Å². The number of nitrogens with zero attached hydrogens (tertiary/aromatic N) is 2. The highest BCUT2D eigenvalue weighted by atomic mass is 32.2. The van der Waals surface area contributed by atoms with Gasteiger partial charge in [0, 0.05) is 26.4 Å². The number of fused-ring (bicyclic) bond motifs is 3. The Bertz CT molecular complexity index is 1670. The zero-order valence-electron chi connectivity index (χ0n) is 29.6. The molecule has 0 bridgehead atoms. The third-order valence-electron chi connectivity index (χ3n) is 9.09. The van der Waals surface area contributed by atoms with Crippen LogP contribution in [0.4, 0.5) is 4.79 Å². The van der Waals surface area contributed by atoms with Crippen LogP contribution >= 0.6 is 0 Å².